The third-order valence-corrected chi connectivity index (χ3v) is 4.34. The van der Waals surface area contributed by atoms with Gasteiger partial charge in [0.05, 0.1) is 11.2 Å². The van der Waals surface area contributed by atoms with E-state index in [4.69, 9.17) is 5.73 Å². The average molecular weight is 298 g/mol. The number of benzene rings is 1. The van der Waals surface area contributed by atoms with Crippen molar-refractivity contribution in [2.75, 3.05) is 13.6 Å². The molecule has 4 nitrogen and oxygen atoms in total. The molecular formula is C16H18N4S. The fourth-order valence-corrected chi connectivity index (χ4v) is 3.18. The SMILES string of the molecule is CN(Cc1cscn1)C(CN)c1cncc2ccccc12. The van der Waals surface area contributed by atoms with Crippen molar-refractivity contribution in [1.29, 1.82) is 0 Å². The Hall–Kier alpha value is -1.82. The number of fused-ring (bicyclic) bond motifs is 1. The molecule has 108 valence electrons. The molecule has 0 saturated heterocycles. The maximum Gasteiger partial charge on any atom is 0.0795 e. The molecule has 1 unspecified atom stereocenters. The molecule has 5 heteroatoms. The molecule has 0 saturated carbocycles. The summed E-state index contributed by atoms with van der Waals surface area (Å²) in [7, 11) is 2.08. The van der Waals surface area contributed by atoms with Gasteiger partial charge in [0.2, 0.25) is 0 Å². The van der Waals surface area contributed by atoms with Gasteiger partial charge in [-0.1, -0.05) is 24.3 Å². The second kappa shape index (κ2) is 6.30. The van der Waals surface area contributed by atoms with Gasteiger partial charge in [0.1, 0.15) is 0 Å². The zero-order valence-corrected chi connectivity index (χ0v) is 12.8. The standard InChI is InChI=1S/C16H18N4S/c1-20(9-13-10-21-11-19-13)16(6-17)15-8-18-7-12-4-2-3-5-14(12)15/h2-5,7-8,10-11,16H,6,9,17H2,1H3. The summed E-state index contributed by atoms with van der Waals surface area (Å²) in [6.45, 7) is 1.34. The molecule has 3 aromatic rings. The lowest BCUT2D eigenvalue weighted by Gasteiger charge is -2.27. The number of pyridine rings is 1. The molecule has 2 aromatic heterocycles. The zero-order valence-electron chi connectivity index (χ0n) is 11.9. The van der Waals surface area contributed by atoms with Crippen molar-refractivity contribution in [1.82, 2.24) is 14.9 Å². The maximum absolute atomic E-state index is 6.04. The van der Waals surface area contributed by atoms with Crippen LogP contribution < -0.4 is 5.73 Å². The molecule has 2 N–H and O–H groups in total. The highest BCUT2D eigenvalue weighted by atomic mass is 32.1. The number of aromatic nitrogens is 2. The molecule has 0 bridgehead atoms. The lowest BCUT2D eigenvalue weighted by molar-refractivity contribution is 0.240. The second-order valence-corrected chi connectivity index (χ2v) is 5.81. The topological polar surface area (TPSA) is 55.0 Å². The third-order valence-electron chi connectivity index (χ3n) is 3.71. The summed E-state index contributed by atoms with van der Waals surface area (Å²) in [5.41, 5.74) is 10.2. The van der Waals surface area contributed by atoms with E-state index < -0.39 is 0 Å². The summed E-state index contributed by atoms with van der Waals surface area (Å²) in [4.78, 5) is 10.9. The number of thiazole rings is 1. The molecule has 1 aromatic carbocycles. The molecule has 21 heavy (non-hydrogen) atoms. The summed E-state index contributed by atoms with van der Waals surface area (Å²) >= 11 is 1.62. The van der Waals surface area contributed by atoms with Gasteiger partial charge in [-0.2, -0.15) is 0 Å². The van der Waals surface area contributed by atoms with Crippen LogP contribution in [0.5, 0.6) is 0 Å². The highest BCUT2D eigenvalue weighted by molar-refractivity contribution is 7.07. The maximum atomic E-state index is 6.04. The minimum absolute atomic E-state index is 0.130. The van der Waals surface area contributed by atoms with Crippen molar-refractivity contribution >= 4 is 22.1 Å². The molecule has 3 rings (SSSR count). The summed E-state index contributed by atoms with van der Waals surface area (Å²) in [6.07, 6.45) is 3.82. The van der Waals surface area contributed by atoms with Crippen molar-refractivity contribution < 1.29 is 0 Å². The molecule has 0 aliphatic heterocycles. The summed E-state index contributed by atoms with van der Waals surface area (Å²) < 4.78 is 0. The van der Waals surface area contributed by atoms with E-state index in [1.807, 2.05) is 24.0 Å². The number of hydrogen-bond acceptors (Lipinski definition) is 5. The van der Waals surface area contributed by atoms with Crippen LogP contribution in [-0.2, 0) is 6.54 Å². The first-order valence-corrected chi connectivity index (χ1v) is 7.84. The van der Waals surface area contributed by atoms with Gasteiger partial charge in [-0.15, -0.1) is 11.3 Å². The van der Waals surface area contributed by atoms with E-state index in [1.54, 1.807) is 11.3 Å². The summed E-state index contributed by atoms with van der Waals surface area (Å²) in [5.74, 6) is 0. The summed E-state index contributed by atoms with van der Waals surface area (Å²) in [6, 6.07) is 8.43. The van der Waals surface area contributed by atoms with Crippen LogP contribution in [0, 0.1) is 0 Å². The van der Waals surface area contributed by atoms with Crippen LogP contribution >= 0.6 is 11.3 Å². The molecule has 0 aliphatic carbocycles. The second-order valence-electron chi connectivity index (χ2n) is 5.10. The molecule has 0 aliphatic rings. The molecule has 0 amide bonds. The average Bonchev–Trinajstić information content (AvgIpc) is 3.01. The van der Waals surface area contributed by atoms with E-state index in [0.717, 1.165) is 17.6 Å². The van der Waals surface area contributed by atoms with Crippen molar-refractivity contribution in [2.45, 2.75) is 12.6 Å². The van der Waals surface area contributed by atoms with Crippen LogP contribution in [0.25, 0.3) is 10.8 Å². The monoisotopic (exact) mass is 298 g/mol. The van der Waals surface area contributed by atoms with Crippen LogP contribution in [0.2, 0.25) is 0 Å². The van der Waals surface area contributed by atoms with Gasteiger partial charge in [0.15, 0.2) is 0 Å². The first-order chi connectivity index (χ1) is 10.3. The van der Waals surface area contributed by atoms with Gasteiger partial charge in [0.25, 0.3) is 0 Å². The largest absolute Gasteiger partial charge is 0.329 e. The minimum atomic E-state index is 0.130. The third kappa shape index (κ3) is 2.95. The van der Waals surface area contributed by atoms with E-state index in [0.29, 0.717) is 6.54 Å². The quantitative estimate of drug-likeness (QED) is 0.787. The van der Waals surface area contributed by atoms with Crippen molar-refractivity contribution in [3.63, 3.8) is 0 Å². The Morgan fingerprint density at radius 2 is 2.14 bits per heavy atom. The number of nitrogens with two attached hydrogens (primary N) is 1. The molecular weight excluding hydrogens is 280 g/mol. The van der Waals surface area contributed by atoms with E-state index in [1.165, 1.54) is 10.9 Å². The Morgan fingerprint density at radius 3 is 2.90 bits per heavy atom. The number of rotatable bonds is 5. The van der Waals surface area contributed by atoms with Gasteiger partial charge in [-0.3, -0.25) is 9.88 Å². The first kappa shape index (κ1) is 14.1. The fraction of sp³-hybridized carbons (Fsp3) is 0.250. The minimum Gasteiger partial charge on any atom is -0.329 e. The van der Waals surface area contributed by atoms with Crippen molar-refractivity contribution in [3.05, 3.63) is 58.8 Å². The highest BCUT2D eigenvalue weighted by Gasteiger charge is 2.18. The first-order valence-electron chi connectivity index (χ1n) is 6.89. The van der Waals surface area contributed by atoms with Crippen LogP contribution in [-0.4, -0.2) is 28.5 Å². The van der Waals surface area contributed by atoms with Gasteiger partial charge < -0.3 is 5.73 Å². The molecule has 0 spiro atoms. The molecule has 2 heterocycles. The van der Waals surface area contributed by atoms with Gasteiger partial charge >= 0.3 is 0 Å². The summed E-state index contributed by atoms with van der Waals surface area (Å²) in [5, 5.41) is 4.44. The van der Waals surface area contributed by atoms with E-state index >= 15 is 0 Å². The van der Waals surface area contributed by atoms with Crippen LogP contribution in [0.15, 0.2) is 47.5 Å². The van der Waals surface area contributed by atoms with Gasteiger partial charge in [0, 0.05) is 42.3 Å². The zero-order chi connectivity index (χ0) is 14.7. The lowest BCUT2D eigenvalue weighted by atomic mass is 10.0. The van der Waals surface area contributed by atoms with E-state index in [-0.39, 0.29) is 6.04 Å². The van der Waals surface area contributed by atoms with Crippen LogP contribution in [0.4, 0.5) is 0 Å². The Balaban J connectivity index is 1.94. The molecule has 0 radical (unpaired) electrons. The van der Waals surface area contributed by atoms with E-state index in [2.05, 4.69) is 45.5 Å². The highest BCUT2D eigenvalue weighted by Crippen LogP contribution is 2.27. The lowest BCUT2D eigenvalue weighted by Crippen LogP contribution is -2.30. The van der Waals surface area contributed by atoms with Crippen molar-refractivity contribution in [2.24, 2.45) is 5.73 Å². The Labute approximate surface area is 128 Å². The van der Waals surface area contributed by atoms with Gasteiger partial charge in [-0.25, -0.2) is 4.98 Å². The number of nitrogens with zero attached hydrogens (tertiary/aromatic N) is 3. The van der Waals surface area contributed by atoms with Crippen LogP contribution in [0.1, 0.15) is 17.3 Å². The van der Waals surface area contributed by atoms with Crippen molar-refractivity contribution in [3.8, 4) is 0 Å². The Kier molecular flexibility index (Phi) is 4.24. The van der Waals surface area contributed by atoms with Crippen LogP contribution in [0.3, 0.4) is 0 Å². The number of hydrogen-bond donors (Lipinski definition) is 1. The molecule has 1 atom stereocenters. The predicted molar refractivity (Wildman–Crippen MR) is 87.1 cm³/mol. The Morgan fingerprint density at radius 1 is 1.29 bits per heavy atom. The predicted octanol–water partition coefficient (Wildman–Crippen LogP) is 2.82. The number of likely N-dealkylation sites (N-methyl/N-ethyl adjacent to an activating group) is 1. The van der Waals surface area contributed by atoms with E-state index in [9.17, 15) is 0 Å². The smallest absolute Gasteiger partial charge is 0.0795 e. The Bertz CT molecular complexity index is 706. The molecule has 0 fully saturated rings. The fourth-order valence-electron chi connectivity index (χ4n) is 2.63. The van der Waals surface area contributed by atoms with Gasteiger partial charge in [-0.05, 0) is 18.0 Å². The normalized spacial score (nSPS) is 12.9.